The molecular weight excluding hydrogens is 467 g/mol. The number of amides is 1. The maximum absolute atomic E-state index is 12.7. The fourth-order valence-corrected chi connectivity index (χ4v) is 2.73. The van der Waals surface area contributed by atoms with Crippen molar-refractivity contribution in [1.29, 1.82) is 0 Å². The first-order valence-corrected chi connectivity index (χ1v) is 10.3. The number of anilines is 1. The molecule has 3 aromatic carbocycles. The molecule has 3 rings (SSSR count). The summed E-state index contributed by atoms with van der Waals surface area (Å²) in [7, 11) is 0. The van der Waals surface area contributed by atoms with Gasteiger partial charge >= 0.3 is 12.3 Å². The molecule has 7 nitrogen and oxygen atoms in total. The smallest absolute Gasteiger partial charge is 0.457 e. The quantitative estimate of drug-likeness (QED) is 0.301. The number of rotatable bonds is 7. The fourth-order valence-electron chi connectivity index (χ4n) is 2.73. The van der Waals surface area contributed by atoms with Crippen molar-refractivity contribution >= 4 is 17.6 Å². The van der Waals surface area contributed by atoms with Gasteiger partial charge in [0, 0.05) is 17.7 Å². The van der Waals surface area contributed by atoms with Gasteiger partial charge in [-0.2, -0.15) is 4.89 Å². The van der Waals surface area contributed by atoms with Gasteiger partial charge in [-0.3, -0.25) is 9.68 Å². The van der Waals surface area contributed by atoms with Crippen molar-refractivity contribution in [2.24, 2.45) is 0 Å². The second-order valence-corrected chi connectivity index (χ2v) is 8.22. The maximum Gasteiger partial charge on any atom is 0.573 e. The molecule has 35 heavy (non-hydrogen) atoms. The van der Waals surface area contributed by atoms with Crippen LogP contribution in [0.1, 0.15) is 41.5 Å². The predicted octanol–water partition coefficient (Wildman–Crippen LogP) is 6.52. The summed E-state index contributed by atoms with van der Waals surface area (Å²) in [5.41, 5.74) is -0.418. The average Bonchev–Trinajstić information content (AvgIpc) is 2.77. The normalized spacial score (nSPS) is 11.5. The summed E-state index contributed by atoms with van der Waals surface area (Å²) in [6, 6.07) is 17.3. The largest absolute Gasteiger partial charge is 0.573 e. The zero-order valence-corrected chi connectivity index (χ0v) is 19.0. The van der Waals surface area contributed by atoms with E-state index in [1.807, 2.05) is 0 Å². The minimum absolute atomic E-state index is 0.0277. The van der Waals surface area contributed by atoms with Crippen LogP contribution in [-0.2, 0) is 9.78 Å². The van der Waals surface area contributed by atoms with Crippen molar-refractivity contribution < 1.29 is 42.0 Å². The molecule has 0 aliphatic heterocycles. The van der Waals surface area contributed by atoms with Crippen LogP contribution in [0.2, 0.25) is 0 Å². The molecule has 0 aliphatic rings. The van der Waals surface area contributed by atoms with Gasteiger partial charge in [0.15, 0.2) is 0 Å². The molecule has 10 heteroatoms. The lowest BCUT2D eigenvalue weighted by atomic mass is 10.1. The monoisotopic (exact) mass is 489 g/mol. The van der Waals surface area contributed by atoms with E-state index in [9.17, 15) is 22.8 Å². The van der Waals surface area contributed by atoms with Gasteiger partial charge in [0.05, 0.1) is 11.3 Å². The van der Waals surface area contributed by atoms with Crippen molar-refractivity contribution in [2.75, 3.05) is 5.32 Å². The minimum Gasteiger partial charge on any atom is -0.457 e. The van der Waals surface area contributed by atoms with E-state index >= 15 is 0 Å². The van der Waals surface area contributed by atoms with Crippen LogP contribution >= 0.6 is 0 Å². The highest BCUT2D eigenvalue weighted by Gasteiger charge is 2.31. The van der Waals surface area contributed by atoms with E-state index in [4.69, 9.17) is 14.5 Å². The van der Waals surface area contributed by atoms with E-state index in [1.165, 1.54) is 30.3 Å². The van der Waals surface area contributed by atoms with Gasteiger partial charge in [0.2, 0.25) is 0 Å². The number of benzene rings is 3. The van der Waals surface area contributed by atoms with Crippen molar-refractivity contribution in [1.82, 2.24) is 0 Å². The van der Waals surface area contributed by atoms with Crippen LogP contribution in [0.15, 0.2) is 72.8 Å². The van der Waals surface area contributed by atoms with Crippen LogP contribution < -0.4 is 14.8 Å². The molecule has 0 heterocycles. The number of alkyl halides is 3. The van der Waals surface area contributed by atoms with Gasteiger partial charge in [0.25, 0.3) is 5.91 Å². The third kappa shape index (κ3) is 8.04. The molecule has 0 radical (unpaired) electrons. The zero-order valence-electron chi connectivity index (χ0n) is 19.0. The Hall–Kier alpha value is -4.05. The first-order chi connectivity index (χ1) is 16.4. The Kier molecular flexibility index (Phi) is 7.65. The average molecular weight is 489 g/mol. The summed E-state index contributed by atoms with van der Waals surface area (Å²) < 4.78 is 47.1. The number of nitrogens with one attached hydrogen (secondary N) is 1. The molecule has 0 bridgehead atoms. The van der Waals surface area contributed by atoms with Crippen molar-refractivity contribution in [2.45, 2.75) is 32.7 Å². The molecular formula is C25H22F3NO6. The zero-order chi connectivity index (χ0) is 25.6. The molecule has 3 aromatic rings. The summed E-state index contributed by atoms with van der Waals surface area (Å²) in [6.45, 7) is 5.06. The second kappa shape index (κ2) is 10.5. The molecule has 0 aliphatic carbocycles. The molecule has 0 atom stereocenters. The second-order valence-electron chi connectivity index (χ2n) is 8.22. The highest BCUT2D eigenvalue weighted by molar-refractivity contribution is 6.08. The first kappa shape index (κ1) is 25.6. The molecule has 0 saturated heterocycles. The molecule has 0 saturated carbocycles. The highest BCUT2D eigenvalue weighted by atomic mass is 19.4. The van der Waals surface area contributed by atoms with Gasteiger partial charge in [-0.15, -0.1) is 13.2 Å². The Morgan fingerprint density at radius 2 is 1.46 bits per heavy atom. The Morgan fingerprint density at radius 1 is 0.800 bits per heavy atom. The van der Waals surface area contributed by atoms with Crippen LogP contribution in [-0.4, -0.2) is 23.8 Å². The number of carbonyl (C=O) groups excluding carboxylic acids is 2. The van der Waals surface area contributed by atoms with Crippen LogP contribution in [0.25, 0.3) is 0 Å². The number of hydrogen-bond donors (Lipinski definition) is 1. The predicted molar refractivity (Wildman–Crippen MR) is 120 cm³/mol. The topological polar surface area (TPSA) is 83.1 Å². The first-order valence-electron chi connectivity index (χ1n) is 10.3. The molecule has 0 unspecified atom stereocenters. The summed E-state index contributed by atoms with van der Waals surface area (Å²) in [6.07, 6.45) is -4.86. The lowest BCUT2D eigenvalue weighted by Crippen LogP contribution is -2.23. The minimum atomic E-state index is -4.86. The third-order valence-electron chi connectivity index (χ3n) is 4.14. The lowest BCUT2D eigenvalue weighted by molar-refractivity contribution is -0.301. The Morgan fingerprint density at radius 3 is 2.11 bits per heavy atom. The van der Waals surface area contributed by atoms with Crippen molar-refractivity contribution in [3.05, 3.63) is 83.9 Å². The summed E-state index contributed by atoms with van der Waals surface area (Å²) in [5.74, 6) is -1.67. The molecule has 184 valence electrons. The molecule has 0 aromatic heterocycles. The van der Waals surface area contributed by atoms with E-state index in [0.29, 0.717) is 5.56 Å². The SMILES string of the molecule is CC(C)(C)OOC(=O)c1ccc(Oc2cccc(OC(F)(F)F)c2)cc1NC(=O)c1ccccc1. The standard InChI is InChI=1S/C25H22F3NO6/c1-24(2,3)35-34-23(31)20-13-12-18(15-21(20)29-22(30)16-8-5-4-6-9-16)32-17-10-7-11-19(14-17)33-25(26,27)28/h4-15H,1-3H3,(H,29,30). The van der Waals surface area contributed by atoms with Gasteiger partial charge in [-0.25, -0.2) is 4.79 Å². The van der Waals surface area contributed by atoms with Gasteiger partial charge in [0.1, 0.15) is 22.8 Å². The molecule has 0 fully saturated rings. The van der Waals surface area contributed by atoms with E-state index < -0.39 is 29.6 Å². The number of ether oxygens (including phenoxy) is 2. The fraction of sp³-hybridized carbons (Fsp3) is 0.200. The van der Waals surface area contributed by atoms with Crippen LogP contribution in [0, 0.1) is 0 Å². The summed E-state index contributed by atoms with van der Waals surface area (Å²) >= 11 is 0. The molecule has 1 amide bonds. The van der Waals surface area contributed by atoms with Gasteiger partial charge in [-0.05, 0) is 57.2 Å². The van der Waals surface area contributed by atoms with Crippen LogP contribution in [0.3, 0.4) is 0 Å². The van der Waals surface area contributed by atoms with Crippen LogP contribution in [0.5, 0.6) is 17.2 Å². The molecule has 0 spiro atoms. The van der Waals surface area contributed by atoms with Crippen molar-refractivity contribution in [3.63, 3.8) is 0 Å². The van der Waals surface area contributed by atoms with Gasteiger partial charge < -0.3 is 14.8 Å². The summed E-state index contributed by atoms with van der Waals surface area (Å²) in [5, 5.41) is 2.62. The number of halogens is 3. The Balaban J connectivity index is 1.88. The van der Waals surface area contributed by atoms with E-state index in [-0.39, 0.29) is 22.7 Å². The Bertz CT molecular complexity index is 1190. The van der Waals surface area contributed by atoms with Crippen molar-refractivity contribution in [3.8, 4) is 17.2 Å². The van der Waals surface area contributed by atoms with Gasteiger partial charge in [-0.1, -0.05) is 24.3 Å². The highest BCUT2D eigenvalue weighted by Crippen LogP contribution is 2.31. The number of carbonyl (C=O) groups is 2. The van der Waals surface area contributed by atoms with E-state index in [2.05, 4.69) is 10.1 Å². The number of hydrogen-bond acceptors (Lipinski definition) is 6. The third-order valence-corrected chi connectivity index (χ3v) is 4.14. The maximum atomic E-state index is 12.7. The van der Waals surface area contributed by atoms with E-state index in [1.54, 1.807) is 51.1 Å². The molecule has 1 N–H and O–H groups in total. The lowest BCUT2D eigenvalue weighted by Gasteiger charge is -2.18. The Labute approximate surface area is 199 Å². The summed E-state index contributed by atoms with van der Waals surface area (Å²) in [4.78, 5) is 35.3. The van der Waals surface area contributed by atoms with E-state index in [0.717, 1.165) is 12.1 Å². The van der Waals surface area contributed by atoms with Crippen LogP contribution in [0.4, 0.5) is 18.9 Å².